The largest absolute Gasteiger partial charge is 0.274 e. The molecule has 2 aromatic rings. The number of aliphatic imine (C=N–C) groups is 1. The van der Waals surface area contributed by atoms with Crippen LogP contribution >= 0.6 is 11.6 Å². The first kappa shape index (κ1) is 13.2. The number of nitrogens with zero attached hydrogens (tertiary/aromatic N) is 2. The number of rotatable bonds is 3. The van der Waals surface area contributed by atoms with E-state index in [2.05, 4.69) is 4.99 Å². The number of halogens is 1. The third kappa shape index (κ3) is 2.98. The summed E-state index contributed by atoms with van der Waals surface area (Å²) in [4.78, 5) is 14.7. The van der Waals surface area contributed by atoms with Crippen LogP contribution in [0.4, 0.5) is 11.4 Å². The molecule has 0 unspecified atom stereocenters. The molecule has 0 amide bonds. The molecule has 96 valence electrons. The molecule has 4 nitrogen and oxygen atoms in total. The fraction of sp³-hybridized carbons (Fsp3) is 0.0714. The van der Waals surface area contributed by atoms with Crippen LogP contribution in [0.2, 0.25) is 5.02 Å². The lowest BCUT2D eigenvalue weighted by Crippen LogP contribution is -1.91. The van der Waals surface area contributed by atoms with Crippen LogP contribution in [0.3, 0.4) is 0 Å². The molecule has 0 aromatic heterocycles. The van der Waals surface area contributed by atoms with Crippen molar-refractivity contribution in [1.82, 2.24) is 0 Å². The molecule has 0 aliphatic heterocycles. The molecule has 2 aromatic carbocycles. The number of hydrogen-bond acceptors (Lipinski definition) is 3. The zero-order chi connectivity index (χ0) is 13.8. The quantitative estimate of drug-likeness (QED) is 0.476. The third-order valence-electron chi connectivity index (χ3n) is 2.72. The highest BCUT2D eigenvalue weighted by atomic mass is 35.5. The smallest absolute Gasteiger partial charge is 0.258 e. The number of benzene rings is 2. The fourth-order valence-corrected chi connectivity index (χ4v) is 1.85. The maximum absolute atomic E-state index is 10.8. The minimum Gasteiger partial charge on any atom is -0.258 e. The highest BCUT2D eigenvalue weighted by Crippen LogP contribution is 2.27. The van der Waals surface area contributed by atoms with E-state index in [1.165, 1.54) is 6.07 Å². The maximum atomic E-state index is 10.8. The molecular weight excluding hydrogens is 264 g/mol. The molecule has 0 aliphatic carbocycles. The Hall–Kier alpha value is -2.20. The lowest BCUT2D eigenvalue weighted by molar-refractivity contribution is -0.385. The van der Waals surface area contributed by atoms with E-state index in [1.54, 1.807) is 31.3 Å². The Morgan fingerprint density at radius 2 is 1.95 bits per heavy atom. The monoisotopic (exact) mass is 274 g/mol. The summed E-state index contributed by atoms with van der Waals surface area (Å²) in [5, 5.41) is 11.4. The average molecular weight is 275 g/mol. The molecule has 0 heterocycles. The summed E-state index contributed by atoms with van der Waals surface area (Å²) in [7, 11) is 0. The molecule has 0 bridgehead atoms. The second-order valence-corrected chi connectivity index (χ2v) is 4.37. The van der Waals surface area contributed by atoms with Crippen LogP contribution in [0, 0.1) is 17.0 Å². The molecule has 0 saturated carbocycles. The molecule has 0 atom stereocenters. The first-order chi connectivity index (χ1) is 9.09. The van der Waals surface area contributed by atoms with Gasteiger partial charge in [-0.05, 0) is 19.1 Å². The maximum Gasteiger partial charge on any atom is 0.274 e. The standard InChI is InChI=1S/C14H11ClN2O2/c1-10-13(7-4-8-14(10)17(18)19)16-9-11-5-2-3-6-12(11)15/h2-9H,1H3. The molecular formula is C14H11ClN2O2. The van der Waals surface area contributed by atoms with Gasteiger partial charge in [0.05, 0.1) is 16.2 Å². The van der Waals surface area contributed by atoms with Crippen LogP contribution in [-0.4, -0.2) is 11.1 Å². The first-order valence-electron chi connectivity index (χ1n) is 5.62. The van der Waals surface area contributed by atoms with E-state index >= 15 is 0 Å². The molecule has 19 heavy (non-hydrogen) atoms. The molecule has 0 spiro atoms. The summed E-state index contributed by atoms with van der Waals surface area (Å²) >= 11 is 6.01. The van der Waals surface area contributed by atoms with E-state index in [9.17, 15) is 10.1 Å². The number of hydrogen-bond donors (Lipinski definition) is 0. The minimum absolute atomic E-state index is 0.0637. The molecule has 0 N–H and O–H groups in total. The predicted molar refractivity (Wildman–Crippen MR) is 76.5 cm³/mol. The van der Waals surface area contributed by atoms with Gasteiger partial charge in [0, 0.05) is 22.9 Å². The van der Waals surface area contributed by atoms with Crippen molar-refractivity contribution in [1.29, 1.82) is 0 Å². The number of nitro benzene ring substituents is 1. The third-order valence-corrected chi connectivity index (χ3v) is 3.07. The van der Waals surface area contributed by atoms with Crippen molar-refractivity contribution in [2.75, 3.05) is 0 Å². The summed E-state index contributed by atoms with van der Waals surface area (Å²) in [5.74, 6) is 0. The van der Waals surface area contributed by atoms with Gasteiger partial charge in [-0.3, -0.25) is 15.1 Å². The van der Waals surface area contributed by atoms with Gasteiger partial charge in [-0.25, -0.2) is 0 Å². The summed E-state index contributed by atoms with van der Waals surface area (Å²) in [5.41, 5.74) is 1.94. The molecule has 0 radical (unpaired) electrons. The van der Waals surface area contributed by atoms with Crippen molar-refractivity contribution in [3.63, 3.8) is 0 Å². The van der Waals surface area contributed by atoms with Gasteiger partial charge < -0.3 is 0 Å². The molecule has 0 fully saturated rings. The van der Waals surface area contributed by atoms with E-state index in [4.69, 9.17) is 11.6 Å². The van der Waals surface area contributed by atoms with Gasteiger partial charge in [-0.15, -0.1) is 0 Å². The zero-order valence-corrected chi connectivity index (χ0v) is 11.0. The van der Waals surface area contributed by atoms with Crippen LogP contribution in [0.1, 0.15) is 11.1 Å². The summed E-state index contributed by atoms with van der Waals surface area (Å²) in [6.45, 7) is 1.68. The topological polar surface area (TPSA) is 55.5 Å². The molecule has 2 rings (SSSR count). The molecule has 5 heteroatoms. The minimum atomic E-state index is -0.413. The highest BCUT2D eigenvalue weighted by molar-refractivity contribution is 6.33. The van der Waals surface area contributed by atoms with Crippen LogP contribution in [0.5, 0.6) is 0 Å². The normalized spacial score (nSPS) is 10.8. The van der Waals surface area contributed by atoms with Gasteiger partial charge in [0.15, 0.2) is 0 Å². The van der Waals surface area contributed by atoms with Crippen molar-refractivity contribution >= 4 is 29.2 Å². The SMILES string of the molecule is Cc1c(N=Cc2ccccc2Cl)cccc1[N+](=O)[O-]. The van der Waals surface area contributed by atoms with Gasteiger partial charge >= 0.3 is 0 Å². The zero-order valence-electron chi connectivity index (χ0n) is 10.2. The van der Waals surface area contributed by atoms with E-state index < -0.39 is 4.92 Å². The predicted octanol–water partition coefficient (Wildman–Crippen LogP) is 4.31. The van der Waals surface area contributed by atoms with E-state index in [-0.39, 0.29) is 5.69 Å². The summed E-state index contributed by atoms with van der Waals surface area (Å²) in [6.07, 6.45) is 1.61. The summed E-state index contributed by atoms with van der Waals surface area (Å²) in [6, 6.07) is 12.1. The van der Waals surface area contributed by atoms with Crippen molar-refractivity contribution in [3.05, 3.63) is 68.7 Å². The van der Waals surface area contributed by atoms with E-state index in [1.807, 2.05) is 18.2 Å². The molecule has 0 saturated heterocycles. The number of nitro groups is 1. The van der Waals surface area contributed by atoms with E-state index in [0.29, 0.717) is 16.3 Å². The Balaban J connectivity index is 2.37. The first-order valence-corrected chi connectivity index (χ1v) is 6.00. The van der Waals surface area contributed by atoms with Crippen LogP contribution < -0.4 is 0 Å². The van der Waals surface area contributed by atoms with Crippen LogP contribution in [0.15, 0.2) is 47.5 Å². The Kier molecular flexibility index (Phi) is 3.92. The Labute approximate surface area is 115 Å². The van der Waals surface area contributed by atoms with E-state index in [0.717, 1.165) is 5.56 Å². The van der Waals surface area contributed by atoms with Crippen LogP contribution in [-0.2, 0) is 0 Å². The Bertz CT molecular complexity index is 654. The second-order valence-electron chi connectivity index (χ2n) is 3.96. The van der Waals surface area contributed by atoms with Gasteiger partial charge in [0.25, 0.3) is 5.69 Å². The van der Waals surface area contributed by atoms with Gasteiger partial charge in [0.1, 0.15) is 0 Å². The Morgan fingerprint density at radius 1 is 1.21 bits per heavy atom. The van der Waals surface area contributed by atoms with Gasteiger partial charge in [-0.1, -0.05) is 35.9 Å². The van der Waals surface area contributed by atoms with Crippen molar-refractivity contribution in [3.8, 4) is 0 Å². The van der Waals surface area contributed by atoms with Gasteiger partial charge in [0.2, 0.25) is 0 Å². The van der Waals surface area contributed by atoms with Crippen molar-refractivity contribution < 1.29 is 4.92 Å². The van der Waals surface area contributed by atoms with Crippen molar-refractivity contribution in [2.24, 2.45) is 4.99 Å². The van der Waals surface area contributed by atoms with Crippen LogP contribution in [0.25, 0.3) is 0 Å². The lowest BCUT2D eigenvalue weighted by atomic mass is 10.1. The highest BCUT2D eigenvalue weighted by Gasteiger charge is 2.12. The second kappa shape index (κ2) is 5.63. The lowest BCUT2D eigenvalue weighted by Gasteiger charge is -2.01. The Morgan fingerprint density at radius 3 is 2.63 bits per heavy atom. The average Bonchev–Trinajstić information content (AvgIpc) is 2.39. The fourth-order valence-electron chi connectivity index (χ4n) is 1.67. The molecule has 0 aliphatic rings. The summed E-state index contributed by atoms with van der Waals surface area (Å²) < 4.78 is 0. The van der Waals surface area contributed by atoms with Gasteiger partial charge in [-0.2, -0.15) is 0 Å². The van der Waals surface area contributed by atoms with Crippen molar-refractivity contribution in [2.45, 2.75) is 6.92 Å².